The van der Waals surface area contributed by atoms with E-state index in [2.05, 4.69) is 55.4 Å². The lowest BCUT2D eigenvalue weighted by molar-refractivity contribution is -0.161. The molecule has 0 rings (SSSR count). The molecule has 17 nitrogen and oxygen atoms in total. The zero-order valence-electron chi connectivity index (χ0n) is 54.5. The SMILES string of the molecule is CC(C)CCCCCCCCCCCC(=O)OC[C@H](COP(=O)(O)OCC(O)COP(=O)(O)OC[C@@H](COC(=O)CCCCCCCCCC(C)C)OC(=O)CCCCCCCCCCC(C)C)OC(=O)CCCCCCCCCCC(C)C. The van der Waals surface area contributed by atoms with Crippen molar-refractivity contribution in [1.29, 1.82) is 0 Å². The highest BCUT2D eigenvalue weighted by Gasteiger charge is 2.30. The lowest BCUT2D eigenvalue weighted by Gasteiger charge is -2.21. The number of aliphatic hydroxyl groups excluding tert-OH is 1. The fourth-order valence-electron chi connectivity index (χ4n) is 9.61. The first-order chi connectivity index (χ1) is 40.1. The maximum Gasteiger partial charge on any atom is 0.472 e. The second kappa shape index (κ2) is 55.2. The van der Waals surface area contributed by atoms with E-state index in [1.807, 2.05) is 0 Å². The molecule has 0 aliphatic carbocycles. The molecule has 3 unspecified atom stereocenters. The van der Waals surface area contributed by atoms with Gasteiger partial charge < -0.3 is 33.8 Å². The summed E-state index contributed by atoms with van der Waals surface area (Å²) in [4.78, 5) is 72.3. The Kier molecular flexibility index (Phi) is 53.9. The first-order valence-electron chi connectivity index (χ1n) is 33.7. The van der Waals surface area contributed by atoms with E-state index >= 15 is 0 Å². The van der Waals surface area contributed by atoms with Gasteiger partial charge in [0.1, 0.15) is 19.3 Å². The Morgan fingerprint density at radius 1 is 0.298 bits per heavy atom. The van der Waals surface area contributed by atoms with E-state index in [0.29, 0.717) is 31.6 Å². The summed E-state index contributed by atoms with van der Waals surface area (Å²) in [6, 6.07) is 0. The Hall–Kier alpha value is -1.94. The lowest BCUT2D eigenvalue weighted by atomic mass is 10.0. The van der Waals surface area contributed by atoms with Crippen molar-refractivity contribution in [1.82, 2.24) is 0 Å². The fraction of sp³-hybridized carbons (Fsp3) is 0.938. The van der Waals surface area contributed by atoms with Gasteiger partial charge in [0, 0.05) is 25.7 Å². The predicted molar refractivity (Wildman–Crippen MR) is 335 cm³/mol. The minimum absolute atomic E-state index is 0.103. The van der Waals surface area contributed by atoms with Gasteiger partial charge in [-0.25, -0.2) is 9.13 Å². The van der Waals surface area contributed by atoms with Crippen molar-refractivity contribution in [3.63, 3.8) is 0 Å². The molecule has 0 saturated heterocycles. The molecule has 498 valence electrons. The van der Waals surface area contributed by atoms with Crippen molar-refractivity contribution < 1.29 is 80.2 Å². The van der Waals surface area contributed by atoms with Crippen LogP contribution in [0.3, 0.4) is 0 Å². The van der Waals surface area contributed by atoms with Gasteiger partial charge in [-0.15, -0.1) is 0 Å². The average molecular weight is 1240 g/mol. The van der Waals surface area contributed by atoms with E-state index in [1.165, 1.54) is 109 Å². The van der Waals surface area contributed by atoms with Crippen LogP contribution in [0, 0.1) is 23.7 Å². The maximum absolute atomic E-state index is 13.0. The molecule has 84 heavy (non-hydrogen) atoms. The number of phosphoric acid groups is 2. The minimum Gasteiger partial charge on any atom is -0.462 e. The van der Waals surface area contributed by atoms with Gasteiger partial charge in [0.15, 0.2) is 12.2 Å². The number of ether oxygens (including phenoxy) is 4. The largest absolute Gasteiger partial charge is 0.472 e. The van der Waals surface area contributed by atoms with Crippen molar-refractivity contribution in [2.45, 2.75) is 331 Å². The molecule has 5 atom stereocenters. The van der Waals surface area contributed by atoms with Crippen LogP contribution in [-0.4, -0.2) is 96.7 Å². The topological polar surface area (TPSA) is 237 Å². The zero-order chi connectivity index (χ0) is 62.5. The molecule has 0 heterocycles. The van der Waals surface area contributed by atoms with Crippen molar-refractivity contribution >= 4 is 39.5 Å². The van der Waals surface area contributed by atoms with Crippen LogP contribution >= 0.6 is 15.6 Å². The molecule has 0 aromatic rings. The number of hydrogen-bond donors (Lipinski definition) is 3. The van der Waals surface area contributed by atoms with Crippen LogP contribution in [0.25, 0.3) is 0 Å². The Balaban J connectivity index is 5.26. The molecule has 0 fully saturated rings. The summed E-state index contributed by atoms with van der Waals surface area (Å²) in [5.41, 5.74) is 0. The van der Waals surface area contributed by atoms with Gasteiger partial charge in [0.2, 0.25) is 0 Å². The van der Waals surface area contributed by atoms with Gasteiger partial charge in [-0.2, -0.15) is 0 Å². The third kappa shape index (κ3) is 59.0. The van der Waals surface area contributed by atoms with Crippen LogP contribution < -0.4 is 0 Å². The van der Waals surface area contributed by atoms with Crippen LogP contribution in [0.4, 0.5) is 0 Å². The highest BCUT2D eigenvalue weighted by molar-refractivity contribution is 7.47. The van der Waals surface area contributed by atoms with E-state index in [1.54, 1.807) is 0 Å². The number of esters is 4. The number of aliphatic hydroxyl groups is 1. The number of carbonyl (C=O) groups excluding carboxylic acids is 4. The molecule has 0 saturated carbocycles. The lowest BCUT2D eigenvalue weighted by Crippen LogP contribution is -2.30. The van der Waals surface area contributed by atoms with Crippen LogP contribution in [-0.2, 0) is 65.4 Å². The Morgan fingerprint density at radius 2 is 0.500 bits per heavy atom. The summed E-state index contributed by atoms with van der Waals surface area (Å²) in [6.45, 7) is 13.9. The van der Waals surface area contributed by atoms with E-state index in [4.69, 9.17) is 37.0 Å². The standard InChI is InChI=1S/C65H126O17P2/c1-55(2)41-33-25-17-10-9-11-21-29-37-45-62(67)75-51-60(81-64(69)47-39-31-22-14-12-18-26-34-42-56(3)4)53-79-83(71,72)77-49-59(66)50-78-84(73,74)80-54-61(52-76-63(68)46-38-30-24-16-20-28-36-44-58(7)8)82-65(70)48-40-32-23-15-13-19-27-35-43-57(5)6/h55-61,66H,9-54H2,1-8H3,(H,71,72)(H,73,74)/t59?,60-,61-/m1/s1. The second-order valence-electron chi connectivity index (χ2n) is 25.4. The van der Waals surface area contributed by atoms with E-state index in [9.17, 15) is 43.2 Å². The third-order valence-corrected chi connectivity index (χ3v) is 16.7. The number of phosphoric ester groups is 2. The third-order valence-electron chi connectivity index (χ3n) is 14.8. The molecule has 0 aromatic carbocycles. The smallest absolute Gasteiger partial charge is 0.462 e. The molecule has 0 spiro atoms. The van der Waals surface area contributed by atoms with Gasteiger partial charge >= 0.3 is 39.5 Å². The molecule has 0 aliphatic rings. The summed E-state index contributed by atoms with van der Waals surface area (Å²) in [5, 5.41) is 10.5. The predicted octanol–water partition coefficient (Wildman–Crippen LogP) is 17.8. The summed E-state index contributed by atoms with van der Waals surface area (Å²) in [7, 11) is -9.89. The molecule has 0 radical (unpaired) electrons. The summed E-state index contributed by atoms with van der Waals surface area (Å²) < 4.78 is 68.0. The van der Waals surface area contributed by atoms with Crippen LogP contribution in [0.2, 0.25) is 0 Å². The van der Waals surface area contributed by atoms with Gasteiger partial charge in [0.05, 0.1) is 26.4 Å². The van der Waals surface area contributed by atoms with Crippen molar-refractivity contribution in [2.24, 2.45) is 23.7 Å². The number of rotatable bonds is 62. The van der Waals surface area contributed by atoms with Gasteiger partial charge in [-0.3, -0.25) is 37.3 Å². The molecule has 0 aromatic heterocycles. The Morgan fingerprint density at radius 3 is 0.738 bits per heavy atom. The Labute approximate surface area is 511 Å². The molecule has 19 heteroatoms. The zero-order valence-corrected chi connectivity index (χ0v) is 56.3. The second-order valence-corrected chi connectivity index (χ2v) is 28.3. The van der Waals surface area contributed by atoms with Crippen LogP contribution in [0.1, 0.15) is 312 Å². The summed E-state index contributed by atoms with van der Waals surface area (Å²) in [6.07, 6.45) is 35.0. The number of carbonyl (C=O) groups is 4. The molecule has 0 aliphatic heterocycles. The van der Waals surface area contributed by atoms with Gasteiger partial charge in [-0.1, -0.05) is 261 Å². The average Bonchev–Trinajstić information content (AvgIpc) is 3.49. The molecule has 3 N–H and O–H groups in total. The normalized spacial score (nSPS) is 14.4. The van der Waals surface area contributed by atoms with Crippen LogP contribution in [0.5, 0.6) is 0 Å². The number of unbranched alkanes of at least 4 members (excludes halogenated alkanes) is 28. The van der Waals surface area contributed by atoms with E-state index in [-0.39, 0.29) is 25.7 Å². The van der Waals surface area contributed by atoms with Crippen molar-refractivity contribution in [3.8, 4) is 0 Å². The maximum atomic E-state index is 13.0. The number of hydrogen-bond acceptors (Lipinski definition) is 15. The van der Waals surface area contributed by atoms with Crippen LogP contribution in [0.15, 0.2) is 0 Å². The molecular formula is C65H126O17P2. The van der Waals surface area contributed by atoms with Crippen molar-refractivity contribution in [2.75, 3.05) is 39.6 Å². The molecular weight excluding hydrogens is 1110 g/mol. The van der Waals surface area contributed by atoms with Gasteiger partial charge in [-0.05, 0) is 49.4 Å². The fourth-order valence-corrected chi connectivity index (χ4v) is 11.2. The minimum atomic E-state index is -4.95. The Bertz CT molecular complexity index is 1680. The first kappa shape index (κ1) is 82.1. The van der Waals surface area contributed by atoms with E-state index in [0.717, 1.165) is 114 Å². The summed E-state index contributed by atoms with van der Waals surface area (Å²) >= 11 is 0. The van der Waals surface area contributed by atoms with E-state index < -0.39 is 97.5 Å². The monoisotopic (exact) mass is 1240 g/mol. The quantitative estimate of drug-likeness (QED) is 0.0222. The highest BCUT2D eigenvalue weighted by atomic mass is 31.2. The first-order valence-corrected chi connectivity index (χ1v) is 36.7. The van der Waals surface area contributed by atoms with Crippen molar-refractivity contribution in [3.05, 3.63) is 0 Å². The summed E-state index contributed by atoms with van der Waals surface area (Å²) in [5.74, 6) is 0.745. The molecule has 0 amide bonds. The molecule has 0 bridgehead atoms. The highest BCUT2D eigenvalue weighted by Crippen LogP contribution is 2.45. The van der Waals surface area contributed by atoms with Gasteiger partial charge in [0.25, 0.3) is 0 Å².